The Morgan fingerprint density at radius 3 is 1.85 bits per heavy atom. The first-order chi connectivity index (χ1) is 23.0. The van der Waals surface area contributed by atoms with Gasteiger partial charge in [0.25, 0.3) is 0 Å². The molecule has 1 aromatic heterocycles. The van der Waals surface area contributed by atoms with E-state index in [4.69, 9.17) is 0 Å². The van der Waals surface area contributed by atoms with Crippen LogP contribution in [-0.2, 0) is 25.0 Å². The second-order valence-corrected chi connectivity index (χ2v) is 13.4. The minimum atomic E-state index is -0.0475. The van der Waals surface area contributed by atoms with E-state index in [1.807, 2.05) is 0 Å². The van der Waals surface area contributed by atoms with Crippen LogP contribution >= 0.6 is 0 Å². The zero-order valence-electron chi connectivity index (χ0n) is 27.3. The maximum Gasteiger partial charge on any atom is 0.0544 e. The van der Waals surface area contributed by atoms with Crippen LogP contribution in [0.2, 0.25) is 0 Å². The zero-order chi connectivity index (χ0) is 32.0. The van der Waals surface area contributed by atoms with Gasteiger partial charge in [0.1, 0.15) is 0 Å². The Morgan fingerprint density at radius 2 is 1.13 bits per heavy atom. The van der Waals surface area contributed by atoms with Gasteiger partial charge in [-0.25, -0.2) is 10.0 Å². The highest BCUT2D eigenvalue weighted by molar-refractivity contribution is 6.11. The molecule has 47 heavy (non-hydrogen) atoms. The number of nitrogens with zero attached hydrogens (tertiary/aromatic N) is 3. The van der Waals surface area contributed by atoms with Gasteiger partial charge in [0, 0.05) is 48.6 Å². The van der Waals surface area contributed by atoms with E-state index < -0.39 is 0 Å². The summed E-state index contributed by atoms with van der Waals surface area (Å²) in [6.07, 6.45) is 0. The van der Waals surface area contributed by atoms with Gasteiger partial charge in [-0.3, -0.25) is 0 Å². The Hall–Kier alpha value is -5.00. The van der Waals surface area contributed by atoms with E-state index in [-0.39, 0.29) is 5.41 Å². The van der Waals surface area contributed by atoms with E-state index in [0.717, 1.165) is 19.6 Å². The Kier molecular flexibility index (Phi) is 7.49. The lowest BCUT2D eigenvalue weighted by Crippen LogP contribution is -2.46. The number of aromatic nitrogens is 1. The summed E-state index contributed by atoms with van der Waals surface area (Å²) in [5.41, 5.74) is 16.6. The van der Waals surface area contributed by atoms with E-state index in [1.165, 1.54) is 66.4 Å². The number of benzene rings is 6. The van der Waals surface area contributed by atoms with Crippen molar-refractivity contribution in [1.29, 1.82) is 0 Å². The molecule has 8 rings (SSSR count). The molecule has 1 heterocycles. The topological polar surface area (TPSA) is 23.4 Å². The van der Waals surface area contributed by atoms with Crippen molar-refractivity contribution in [3.63, 3.8) is 0 Å². The van der Waals surface area contributed by atoms with Crippen LogP contribution in [0, 0.1) is 0 Å². The third kappa shape index (κ3) is 5.45. The highest BCUT2D eigenvalue weighted by Gasteiger charge is 2.36. The highest BCUT2D eigenvalue weighted by atomic mass is 15.7. The fourth-order valence-electron chi connectivity index (χ4n) is 7.48. The Morgan fingerprint density at radius 1 is 0.532 bits per heavy atom. The number of hydrazine groups is 2. The molecule has 232 valence electrons. The average Bonchev–Trinajstić information content (AvgIpc) is 3.53. The van der Waals surface area contributed by atoms with E-state index >= 15 is 0 Å². The molecule has 0 spiro atoms. The molecular weight excluding hydrogens is 573 g/mol. The minimum Gasteiger partial charge on any atom is -0.309 e. The molecule has 7 aromatic rings. The van der Waals surface area contributed by atoms with Crippen LogP contribution in [0.5, 0.6) is 0 Å². The third-order valence-electron chi connectivity index (χ3n) is 9.73. The molecule has 0 fully saturated rings. The molecule has 0 saturated heterocycles. The lowest BCUT2D eigenvalue weighted by molar-refractivity contribution is 0.0232. The summed E-state index contributed by atoms with van der Waals surface area (Å²) in [5, 5.41) is 7.03. The molecule has 0 saturated carbocycles. The van der Waals surface area contributed by atoms with Crippen molar-refractivity contribution in [2.45, 2.75) is 38.9 Å². The first kappa shape index (κ1) is 29.4. The molecule has 0 atom stereocenters. The molecule has 0 radical (unpaired) electrons. The minimum absolute atomic E-state index is 0.0475. The maximum absolute atomic E-state index is 3.65. The molecule has 4 heteroatoms. The normalized spacial score (nSPS) is 13.5. The van der Waals surface area contributed by atoms with Gasteiger partial charge in [0.05, 0.1) is 11.0 Å². The molecule has 1 N–H and O–H groups in total. The van der Waals surface area contributed by atoms with Crippen molar-refractivity contribution in [1.82, 2.24) is 20.1 Å². The van der Waals surface area contributed by atoms with E-state index in [2.05, 4.69) is 187 Å². The summed E-state index contributed by atoms with van der Waals surface area (Å²) < 4.78 is 2.45. The molecule has 1 aliphatic carbocycles. The van der Waals surface area contributed by atoms with E-state index in [9.17, 15) is 0 Å². The number of fused-ring (bicyclic) bond motifs is 6. The van der Waals surface area contributed by atoms with Gasteiger partial charge in [-0.05, 0) is 69.3 Å². The van der Waals surface area contributed by atoms with Crippen LogP contribution < -0.4 is 5.53 Å². The first-order valence-corrected chi connectivity index (χ1v) is 16.5. The first-order valence-electron chi connectivity index (χ1n) is 16.5. The van der Waals surface area contributed by atoms with Crippen molar-refractivity contribution in [2.24, 2.45) is 0 Å². The molecule has 0 aliphatic heterocycles. The summed E-state index contributed by atoms with van der Waals surface area (Å²) in [6, 6.07) is 53.0. The second-order valence-electron chi connectivity index (χ2n) is 13.4. The molecule has 6 aromatic carbocycles. The van der Waals surface area contributed by atoms with Crippen LogP contribution in [0.4, 0.5) is 0 Å². The molecule has 0 amide bonds. The number of para-hydroxylation sites is 1. The summed E-state index contributed by atoms with van der Waals surface area (Å²) >= 11 is 0. The molecule has 1 aliphatic rings. The monoisotopic (exact) mass is 612 g/mol. The number of hydrogen-bond donors (Lipinski definition) is 1. The van der Waals surface area contributed by atoms with Gasteiger partial charge >= 0.3 is 0 Å². The SMILES string of the molecule is CN(Cc1ccccc1)NN(Cc1ccccc1)Cc1ccc(-n2c3ccccc3c3cc4c(cc32)C(C)(C)c2ccccc2-4)cc1. The predicted octanol–water partition coefficient (Wildman–Crippen LogP) is 9.64. The van der Waals surface area contributed by atoms with Gasteiger partial charge in [-0.15, -0.1) is 0 Å². The van der Waals surface area contributed by atoms with Crippen molar-refractivity contribution in [3.8, 4) is 16.8 Å². The zero-order valence-corrected chi connectivity index (χ0v) is 27.3. The average molecular weight is 613 g/mol. The maximum atomic E-state index is 3.65. The van der Waals surface area contributed by atoms with Gasteiger partial charge in [0.2, 0.25) is 0 Å². The summed E-state index contributed by atoms with van der Waals surface area (Å²) in [5.74, 6) is 0. The predicted molar refractivity (Wildman–Crippen MR) is 195 cm³/mol. The van der Waals surface area contributed by atoms with Crippen molar-refractivity contribution in [2.75, 3.05) is 7.05 Å². The Balaban J connectivity index is 1.13. The van der Waals surface area contributed by atoms with Gasteiger partial charge < -0.3 is 4.57 Å². The standard InChI is InChI=1S/C43H40N4/c1-43(2)39-20-12-10-18-35(39)37-26-38-36-19-11-13-21-41(36)47(42(38)27-40(37)43)34-24-22-33(23-25-34)30-46(29-32-16-8-5-9-17-32)44-45(3)28-31-14-6-4-7-15-31/h4-27,44H,28-30H2,1-3H3. The van der Waals surface area contributed by atoms with Crippen molar-refractivity contribution >= 4 is 21.8 Å². The van der Waals surface area contributed by atoms with Crippen LogP contribution in [0.3, 0.4) is 0 Å². The van der Waals surface area contributed by atoms with Crippen LogP contribution in [0.1, 0.15) is 41.7 Å². The van der Waals surface area contributed by atoms with Crippen molar-refractivity contribution in [3.05, 3.63) is 173 Å². The van der Waals surface area contributed by atoms with Crippen LogP contribution in [0.15, 0.2) is 146 Å². The fraction of sp³-hybridized carbons (Fsp3) is 0.163. The number of hydrogen-bond acceptors (Lipinski definition) is 3. The Labute approximate surface area is 277 Å². The molecule has 0 bridgehead atoms. The number of rotatable bonds is 9. The second kappa shape index (κ2) is 12.0. The molecule has 0 unspecified atom stereocenters. The van der Waals surface area contributed by atoms with Gasteiger partial charge in [-0.1, -0.05) is 129 Å². The van der Waals surface area contributed by atoms with Gasteiger partial charge in [-0.2, -0.15) is 5.53 Å². The summed E-state index contributed by atoms with van der Waals surface area (Å²) in [4.78, 5) is 0. The van der Waals surface area contributed by atoms with Crippen LogP contribution in [-0.4, -0.2) is 21.6 Å². The largest absolute Gasteiger partial charge is 0.309 e. The van der Waals surface area contributed by atoms with Gasteiger partial charge in [0.15, 0.2) is 0 Å². The summed E-state index contributed by atoms with van der Waals surface area (Å²) in [7, 11) is 2.10. The van der Waals surface area contributed by atoms with Crippen LogP contribution in [0.25, 0.3) is 38.6 Å². The lowest BCUT2D eigenvalue weighted by atomic mass is 9.82. The van der Waals surface area contributed by atoms with E-state index in [0.29, 0.717) is 0 Å². The molecule has 4 nitrogen and oxygen atoms in total. The third-order valence-corrected chi connectivity index (χ3v) is 9.73. The fourth-order valence-corrected chi connectivity index (χ4v) is 7.48. The smallest absolute Gasteiger partial charge is 0.0544 e. The summed E-state index contributed by atoms with van der Waals surface area (Å²) in [6.45, 7) is 7.08. The number of nitrogens with one attached hydrogen (secondary N) is 1. The van der Waals surface area contributed by atoms with E-state index in [1.54, 1.807) is 0 Å². The highest BCUT2D eigenvalue weighted by Crippen LogP contribution is 2.50. The molecular formula is C43H40N4. The lowest BCUT2D eigenvalue weighted by Gasteiger charge is -2.29. The Bertz CT molecular complexity index is 2180. The van der Waals surface area contributed by atoms with Crippen molar-refractivity contribution < 1.29 is 0 Å². The quantitative estimate of drug-likeness (QED) is 0.164.